The summed E-state index contributed by atoms with van der Waals surface area (Å²) < 4.78 is 18.9. The molecule has 0 saturated heterocycles. The van der Waals surface area contributed by atoms with Gasteiger partial charge in [0, 0.05) is 17.3 Å². The van der Waals surface area contributed by atoms with Crippen LogP contribution in [0.15, 0.2) is 30.9 Å². The highest BCUT2D eigenvalue weighted by Gasteiger charge is 2.30. The van der Waals surface area contributed by atoms with Crippen LogP contribution in [0.3, 0.4) is 0 Å². The first kappa shape index (κ1) is 12.6. The highest BCUT2D eigenvalue weighted by molar-refractivity contribution is 9.09. The molecule has 1 aliphatic heterocycles. The summed E-state index contributed by atoms with van der Waals surface area (Å²) >= 11 is 3.50. The molecular formula is C14H16BrFO. The Morgan fingerprint density at radius 2 is 2.41 bits per heavy atom. The summed E-state index contributed by atoms with van der Waals surface area (Å²) in [7, 11) is 0. The Balaban J connectivity index is 2.08. The van der Waals surface area contributed by atoms with E-state index in [2.05, 4.69) is 29.4 Å². The van der Waals surface area contributed by atoms with Crippen LogP contribution in [0.25, 0.3) is 0 Å². The highest BCUT2D eigenvalue weighted by atomic mass is 79.9. The lowest BCUT2D eigenvalue weighted by Crippen LogP contribution is -2.25. The van der Waals surface area contributed by atoms with E-state index in [9.17, 15) is 4.39 Å². The molecule has 92 valence electrons. The molecule has 1 aromatic rings. The Labute approximate surface area is 110 Å². The molecule has 0 amide bonds. The van der Waals surface area contributed by atoms with Crippen molar-refractivity contribution in [2.45, 2.75) is 25.9 Å². The molecule has 17 heavy (non-hydrogen) atoms. The van der Waals surface area contributed by atoms with Gasteiger partial charge in [-0.25, -0.2) is 4.39 Å². The zero-order valence-electron chi connectivity index (χ0n) is 9.88. The fourth-order valence-corrected chi connectivity index (χ4v) is 2.57. The monoisotopic (exact) mass is 298 g/mol. The molecule has 0 aromatic heterocycles. The van der Waals surface area contributed by atoms with Gasteiger partial charge in [0.2, 0.25) is 0 Å². The molecule has 0 spiro atoms. The zero-order chi connectivity index (χ0) is 12.5. The number of halogens is 2. The van der Waals surface area contributed by atoms with Crippen molar-refractivity contribution in [1.82, 2.24) is 0 Å². The molecule has 0 bridgehead atoms. The standard InChI is InChI=1S/C14H16BrFO/c1-3-14(2,9-15)8-12-7-10-6-11(16)4-5-13(10)17-12/h3-6,12H,1,7-9H2,2H3. The van der Waals surface area contributed by atoms with Gasteiger partial charge in [-0.1, -0.05) is 28.9 Å². The number of hydrogen-bond donors (Lipinski definition) is 0. The van der Waals surface area contributed by atoms with E-state index < -0.39 is 0 Å². The van der Waals surface area contributed by atoms with Gasteiger partial charge in [-0.3, -0.25) is 0 Å². The van der Waals surface area contributed by atoms with Gasteiger partial charge < -0.3 is 4.74 Å². The van der Waals surface area contributed by atoms with E-state index in [0.717, 1.165) is 29.5 Å². The molecule has 0 saturated carbocycles. The number of alkyl halides is 1. The predicted octanol–water partition coefficient (Wildman–Crippen LogP) is 4.11. The van der Waals surface area contributed by atoms with E-state index in [0.29, 0.717) is 0 Å². The van der Waals surface area contributed by atoms with Crippen LogP contribution in [0.1, 0.15) is 18.9 Å². The van der Waals surface area contributed by atoms with Gasteiger partial charge in [0.05, 0.1) is 0 Å². The quantitative estimate of drug-likeness (QED) is 0.600. The van der Waals surface area contributed by atoms with Crippen LogP contribution < -0.4 is 4.74 Å². The summed E-state index contributed by atoms with van der Waals surface area (Å²) in [6.45, 7) is 6.00. The van der Waals surface area contributed by atoms with Crippen LogP contribution in [0, 0.1) is 11.2 Å². The van der Waals surface area contributed by atoms with Crippen molar-refractivity contribution in [1.29, 1.82) is 0 Å². The molecule has 2 atom stereocenters. The number of benzene rings is 1. The van der Waals surface area contributed by atoms with E-state index >= 15 is 0 Å². The van der Waals surface area contributed by atoms with Gasteiger partial charge in [0.1, 0.15) is 17.7 Å². The van der Waals surface area contributed by atoms with Crippen LogP contribution in [0.4, 0.5) is 4.39 Å². The van der Waals surface area contributed by atoms with Crippen molar-refractivity contribution in [3.05, 3.63) is 42.2 Å². The Kier molecular flexibility index (Phi) is 3.57. The third-order valence-corrected chi connectivity index (χ3v) is 4.54. The molecule has 0 N–H and O–H groups in total. The van der Waals surface area contributed by atoms with Crippen molar-refractivity contribution >= 4 is 15.9 Å². The second kappa shape index (κ2) is 4.81. The molecular weight excluding hydrogens is 283 g/mol. The molecule has 1 aliphatic rings. The van der Waals surface area contributed by atoms with Crippen LogP contribution in [0.5, 0.6) is 5.75 Å². The van der Waals surface area contributed by atoms with Crippen LogP contribution >= 0.6 is 15.9 Å². The number of allylic oxidation sites excluding steroid dienone is 1. The summed E-state index contributed by atoms with van der Waals surface area (Å²) in [4.78, 5) is 0. The molecule has 1 nitrogen and oxygen atoms in total. The fourth-order valence-electron chi connectivity index (χ4n) is 2.12. The molecule has 2 rings (SSSR count). The van der Waals surface area contributed by atoms with Crippen LogP contribution in [-0.2, 0) is 6.42 Å². The van der Waals surface area contributed by atoms with Crippen molar-refractivity contribution in [3.63, 3.8) is 0 Å². The summed E-state index contributed by atoms with van der Waals surface area (Å²) in [6, 6.07) is 4.72. The van der Waals surface area contributed by atoms with Gasteiger partial charge in [0.15, 0.2) is 0 Å². The van der Waals surface area contributed by atoms with Gasteiger partial charge in [-0.2, -0.15) is 0 Å². The Morgan fingerprint density at radius 1 is 1.65 bits per heavy atom. The predicted molar refractivity (Wildman–Crippen MR) is 71.2 cm³/mol. The minimum atomic E-state index is -0.194. The SMILES string of the molecule is C=CC(C)(CBr)CC1Cc2cc(F)ccc2O1. The van der Waals surface area contributed by atoms with E-state index in [1.54, 1.807) is 12.1 Å². The summed E-state index contributed by atoms with van der Waals surface area (Å²) in [5.41, 5.74) is 0.988. The summed E-state index contributed by atoms with van der Waals surface area (Å²) in [5.74, 6) is 0.623. The van der Waals surface area contributed by atoms with Crippen molar-refractivity contribution < 1.29 is 9.13 Å². The third-order valence-electron chi connectivity index (χ3n) is 3.26. The highest BCUT2D eigenvalue weighted by Crippen LogP contribution is 2.36. The molecule has 2 unspecified atom stereocenters. The number of ether oxygens (including phenoxy) is 1. The van der Waals surface area contributed by atoms with Gasteiger partial charge in [0.25, 0.3) is 0 Å². The minimum Gasteiger partial charge on any atom is -0.490 e. The number of rotatable bonds is 4. The minimum absolute atomic E-state index is 0.0191. The molecule has 0 fully saturated rings. The fraction of sp³-hybridized carbons (Fsp3) is 0.429. The molecule has 3 heteroatoms. The van der Waals surface area contributed by atoms with E-state index in [-0.39, 0.29) is 17.3 Å². The second-order valence-corrected chi connectivity index (χ2v) is 5.45. The first-order valence-electron chi connectivity index (χ1n) is 5.71. The largest absolute Gasteiger partial charge is 0.490 e. The van der Waals surface area contributed by atoms with E-state index in [1.165, 1.54) is 6.07 Å². The average Bonchev–Trinajstić information content (AvgIpc) is 2.70. The lowest BCUT2D eigenvalue weighted by molar-refractivity contribution is 0.182. The Bertz CT molecular complexity index is 432. The van der Waals surface area contributed by atoms with Gasteiger partial charge in [-0.05, 0) is 30.0 Å². The summed E-state index contributed by atoms with van der Waals surface area (Å²) in [5, 5.41) is 0.855. The second-order valence-electron chi connectivity index (χ2n) is 4.89. The lowest BCUT2D eigenvalue weighted by atomic mass is 9.86. The maximum absolute atomic E-state index is 13.1. The van der Waals surface area contributed by atoms with E-state index in [1.807, 2.05) is 6.08 Å². The maximum Gasteiger partial charge on any atom is 0.123 e. The molecule has 0 radical (unpaired) electrons. The van der Waals surface area contributed by atoms with Crippen molar-refractivity contribution in [3.8, 4) is 5.75 Å². The molecule has 1 heterocycles. The average molecular weight is 299 g/mol. The molecule has 1 aromatic carbocycles. The zero-order valence-corrected chi connectivity index (χ0v) is 11.5. The third kappa shape index (κ3) is 2.71. The lowest BCUT2D eigenvalue weighted by Gasteiger charge is -2.26. The number of fused-ring (bicyclic) bond motifs is 1. The first-order chi connectivity index (χ1) is 8.06. The Hall–Kier alpha value is -0.830. The van der Waals surface area contributed by atoms with Crippen molar-refractivity contribution in [2.24, 2.45) is 5.41 Å². The normalized spacial score (nSPS) is 21.5. The number of hydrogen-bond acceptors (Lipinski definition) is 1. The van der Waals surface area contributed by atoms with Gasteiger partial charge >= 0.3 is 0 Å². The van der Waals surface area contributed by atoms with Crippen LogP contribution in [-0.4, -0.2) is 11.4 Å². The maximum atomic E-state index is 13.1. The van der Waals surface area contributed by atoms with E-state index in [4.69, 9.17) is 4.74 Å². The topological polar surface area (TPSA) is 9.23 Å². The first-order valence-corrected chi connectivity index (χ1v) is 6.83. The van der Waals surface area contributed by atoms with Crippen molar-refractivity contribution in [2.75, 3.05) is 5.33 Å². The summed E-state index contributed by atoms with van der Waals surface area (Å²) in [6.07, 6.45) is 3.74. The molecule has 0 aliphatic carbocycles. The Morgan fingerprint density at radius 3 is 3.06 bits per heavy atom. The van der Waals surface area contributed by atoms with Crippen LogP contribution in [0.2, 0.25) is 0 Å². The van der Waals surface area contributed by atoms with Gasteiger partial charge in [-0.15, -0.1) is 6.58 Å². The smallest absolute Gasteiger partial charge is 0.123 e.